The summed E-state index contributed by atoms with van der Waals surface area (Å²) in [5, 5.41) is 19.5. The number of aliphatic hydroxyl groups excluding tert-OH is 1. The quantitative estimate of drug-likeness (QED) is 0.646. The summed E-state index contributed by atoms with van der Waals surface area (Å²) in [6.07, 6.45) is 2.36. The third-order valence-electron chi connectivity index (χ3n) is 5.97. The first-order valence-electron chi connectivity index (χ1n) is 10.0. The molecule has 158 valence electrons. The predicted octanol–water partition coefficient (Wildman–Crippen LogP) is 2.27. The second-order valence-corrected chi connectivity index (χ2v) is 10.6. The van der Waals surface area contributed by atoms with Gasteiger partial charge >= 0.3 is 5.97 Å². The minimum absolute atomic E-state index is 0.0788. The zero-order chi connectivity index (χ0) is 21.0. The van der Waals surface area contributed by atoms with Crippen LogP contribution in [0.15, 0.2) is 52.2 Å². The predicted molar refractivity (Wildman–Crippen MR) is 116 cm³/mol. The van der Waals surface area contributed by atoms with E-state index in [1.807, 2.05) is 18.2 Å². The molecule has 0 aromatic heterocycles. The second-order valence-electron chi connectivity index (χ2n) is 8.01. The lowest BCUT2D eigenvalue weighted by atomic mass is 9.92. The number of carboxylic acid groups (broad SMARTS) is 1. The summed E-state index contributed by atoms with van der Waals surface area (Å²) in [6.45, 7) is 4.22. The van der Waals surface area contributed by atoms with Crippen molar-refractivity contribution in [2.24, 2.45) is 5.92 Å². The molecule has 1 unspecified atom stereocenters. The highest BCUT2D eigenvalue weighted by molar-refractivity contribution is 8.23. The van der Waals surface area contributed by atoms with Gasteiger partial charge in [-0.2, -0.15) is 0 Å². The molecule has 0 aliphatic carbocycles. The van der Waals surface area contributed by atoms with Crippen molar-refractivity contribution < 1.29 is 19.8 Å². The van der Waals surface area contributed by atoms with Crippen LogP contribution in [0.1, 0.15) is 18.9 Å². The molecule has 1 aromatic carbocycles. The molecule has 0 bridgehead atoms. The Bertz CT molecular complexity index is 949. The van der Waals surface area contributed by atoms with E-state index in [0.29, 0.717) is 4.24 Å². The SMILES string of the molecule is C[C@@H](O)[C@H]1C(=O)N2C(C(=O)O)=C(SC3CCN4CN(Cc5ccccc5)C=C34)S[C@H]12. The third kappa shape index (κ3) is 3.19. The van der Waals surface area contributed by atoms with Gasteiger partial charge in [-0.05, 0) is 18.9 Å². The minimum Gasteiger partial charge on any atom is -0.477 e. The molecule has 0 saturated carbocycles. The molecule has 2 fully saturated rings. The van der Waals surface area contributed by atoms with Gasteiger partial charge < -0.3 is 20.0 Å². The molecule has 9 heteroatoms. The van der Waals surface area contributed by atoms with Gasteiger partial charge in [0.2, 0.25) is 5.91 Å². The zero-order valence-corrected chi connectivity index (χ0v) is 18.1. The maximum atomic E-state index is 12.4. The lowest BCUT2D eigenvalue weighted by molar-refractivity contribution is -0.156. The van der Waals surface area contributed by atoms with Crippen molar-refractivity contribution in [2.45, 2.75) is 36.6 Å². The van der Waals surface area contributed by atoms with Crippen molar-refractivity contribution in [3.63, 3.8) is 0 Å². The Kier molecular flexibility index (Phi) is 4.99. The van der Waals surface area contributed by atoms with Gasteiger partial charge in [-0.25, -0.2) is 4.79 Å². The highest BCUT2D eigenvalue weighted by atomic mass is 32.2. The smallest absolute Gasteiger partial charge is 0.354 e. The lowest BCUT2D eigenvalue weighted by Crippen LogP contribution is -2.60. The molecule has 2 N–H and O–H groups in total. The van der Waals surface area contributed by atoms with Crippen LogP contribution in [0.25, 0.3) is 0 Å². The fourth-order valence-corrected chi connectivity index (χ4v) is 7.81. The van der Waals surface area contributed by atoms with Crippen molar-refractivity contribution in [3.8, 4) is 0 Å². The molecule has 2 saturated heterocycles. The number of carbonyl (C=O) groups is 2. The van der Waals surface area contributed by atoms with E-state index in [9.17, 15) is 19.8 Å². The third-order valence-corrected chi connectivity index (χ3v) is 8.87. The van der Waals surface area contributed by atoms with E-state index in [2.05, 4.69) is 28.1 Å². The average molecular weight is 446 g/mol. The number of hydrogen-bond acceptors (Lipinski definition) is 7. The number of carboxylic acids is 1. The Hall–Kier alpha value is -2.10. The molecule has 7 nitrogen and oxygen atoms in total. The largest absolute Gasteiger partial charge is 0.477 e. The summed E-state index contributed by atoms with van der Waals surface area (Å²) in [5.74, 6) is -1.90. The lowest BCUT2D eigenvalue weighted by Gasteiger charge is -2.43. The number of rotatable bonds is 6. The van der Waals surface area contributed by atoms with E-state index in [0.717, 1.165) is 26.2 Å². The summed E-state index contributed by atoms with van der Waals surface area (Å²) in [4.78, 5) is 30.3. The van der Waals surface area contributed by atoms with Crippen LogP contribution >= 0.6 is 23.5 Å². The first-order chi connectivity index (χ1) is 14.4. The number of carbonyl (C=O) groups excluding carboxylic acids is 1. The second kappa shape index (κ2) is 7.55. The molecular formula is C21H23N3O4S2. The zero-order valence-electron chi connectivity index (χ0n) is 16.5. The van der Waals surface area contributed by atoms with Crippen molar-refractivity contribution in [3.05, 3.63) is 57.7 Å². The van der Waals surface area contributed by atoms with E-state index in [1.165, 1.54) is 27.9 Å². The normalized spacial score (nSPS) is 28.5. The van der Waals surface area contributed by atoms with E-state index in [1.54, 1.807) is 18.7 Å². The van der Waals surface area contributed by atoms with Gasteiger partial charge in [0.05, 0.1) is 28.2 Å². The maximum Gasteiger partial charge on any atom is 0.354 e. The van der Waals surface area contributed by atoms with E-state index < -0.39 is 18.0 Å². The van der Waals surface area contributed by atoms with Gasteiger partial charge in [-0.1, -0.05) is 42.1 Å². The number of thioether (sulfide) groups is 2. The number of aliphatic hydroxyl groups is 1. The number of nitrogens with zero attached hydrogens (tertiary/aromatic N) is 3. The molecule has 4 atom stereocenters. The molecule has 0 spiro atoms. The number of aliphatic carboxylic acids is 1. The van der Waals surface area contributed by atoms with Crippen LogP contribution in [0.2, 0.25) is 0 Å². The summed E-state index contributed by atoms with van der Waals surface area (Å²) >= 11 is 2.96. The van der Waals surface area contributed by atoms with E-state index in [4.69, 9.17) is 0 Å². The minimum atomic E-state index is -1.08. The standard InChI is InChI=1S/C21H23N3O4S2/c1-12(25)16-18(26)24-17(20(27)28)21(30-19(16)24)29-15-7-8-23-11-22(10-14(15)23)9-13-5-3-2-4-6-13/h2-6,10,12,15-16,19,25H,7-9,11H2,1H3,(H,27,28)/t12-,15?,16+,19-/m1/s1. The van der Waals surface area contributed by atoms with Crippen LogP contribution in [-0.4, -0.2) is 66.7 Å². The van der Waals surface area contributed by atoms with Crippen molar-refractivity contribution >= 4 is 35.4 Å². The fourth-order valence-electron chi connectivity index (χ4n) is 4.51. The van der Waals surface area contributed by atoms with Crippen LogP contribution in [0.5, 0.6) is 0 Å². The summed E-state index contributed by atoms with van der Waals surface area (Å²) in [6, 6.07) is 10.3. The van der Waals surface area contributed by atoms with Crippen molar-refractivity contribution in [1.82, 2.24) is 14.7 Å². The van der Waals surface area contributed by atoms with E-state index in [-0.39, 0.29) is 22.2 Å². The first kappa shape index (κ1) is 19.8. The van der Waals surface area contributed by atoms with Crippen molar-refractivity contribution in [2.75, 3.05) is 13.2 Å². The monoisotopic (exact) mass is 445 g/mol. The molecule has 4 heterocycles. The van der Waals surface area contributed by atoms with Gasteiger partial charge in [0, 0.05) is 25.0 Å². The number of hydrogen-bond donors (Lipinski definition) is 2. The number of β-lactam (4-membered cyclic amide) rings is 1. The van der Waals surface area contributed by atoms with Gasteiger partial charge in [0.15, 0.2) is 5.70 Å². The fraction of sp³-hybridized carbons (Fsp3) is 0.429. The highest BCUT2D eigenvalue weighted by Crippen LogP contribution is 2.56. The molecule has 4 aliphatic heterocycles. The highest BCUT2D eigenvalue weighted by Gasteiger charge is 2.58. The molecule has 0 radical (unpaired) electrons. The Morgan fingerprint density at radius 3 is 2.80 bits per heavy atom. The van der Waals surface area contributed by atoms with Gasteiger partial charge in [0.25, 0.3) is 0 Å². The Morgan fingerprint density at radius 1 is 1.33 bits per heavy atom. The van der Waals surface area contributed by atoms with Crippen molar-refractivity contribution in [1.29, 1.82) is 0 Å². The van der Waals surface area contributed by atoms with Gasteiger partial charge in [-0.3, -0.25) is 9.69 Å². The molecule has 4 aliphatic rings. The van der Waals surface area contributed by atoms with Crippen LogP contribution in [0.3, 0.4) is 0 Å². The Labute approximate surface area is 183 Å². The maximum absolute atomic E-state index is 12.4. The topological polar surface area (TPSA) is 84.3 Å². The summed E-state index contributed by atoms with van der Waals surface area (Å²) < 4.78 is 0.679. The number of fused-ring (bicyclic) bond motifs is 2. The number of amides is 1. The number of benzene rings is 1. The van der Waals surface area contributed by atoms with E-state index >= 15 is 0 Å². The summed E-state index contributed by atoms with van der Waals surface area (Å²) in [5.41, 5.74) is 2.56. The Morgan fingerprint density at radius 2 is 2.10 bits per heavy atom. The van der Waals surface area contributed by atoms with Crippen LogP contribution < -0.4 is 0 Å². The van der Waals surface area contributed by atoms with Crippen LogP contribution in [-0.2, 0) is 16.1 Å². The first-order valence-corrected chi connectivity index (χ1v) is 11.8. The molecule has 30 heavy (non-hydrogen) atoms. The molecule has 1 aromatic rings. The summed E-state index contributed by atoms with van der Waals surface area (Å²) in [7, 11) is 0. The Balaban J connectivity index is 1.33. The average Bonchev–Trinajstić information content (AvgIpc) is 3.35. The molecular weight excluding hydrogens is 422 g/mol. The van der Waals surface area contributed by atoms with Gasteiger partial charge in [-0.15, -0.1) is 11.8 Å². The molecule has 1 amide bonds. The van der Waals surface area contributed by atoms with Gasteiger partial charge in [0.1, 0.15) is 5.37 Å². The van der Waals surface area contributed by atoms with Crippen LogP contribution in [0.4, 0.5) is 0 Å². The molecule has 5 rings (SSSR count). The van der Waals surface area contributed by atoms with Crippen LogP contribution in [0, 0.1) is 5.92 Å².